The highest BCUT2D eigenvalue weighted by molar-refractivity contribution is 9.10. The molecule has 0 bridgehead atoms. The Bertz CT molecular complexity index is 402. The van der Waals surface area contributed by atoms with Crippen LogP contribution in [0.2, 0.25) is 0 Å². The molecule has 0 saturated carbocycles. The lowest BCUT2D eigenvalue weighted by Crippen LogP contribution is -2.29. The van der Waals surface area contributed by atoms with Gasteiger partial charge in [-0.2, -0.15) is 13.2 Å². The molecule has 1 rings (SSSR count). The highest BCUT2D eigenvalue weighted by atomic mass is 79.9. The average Bonchev–Trinajstić information content (AvgIpc) is 2.13. The van der Waals surface area contributed by atoms with Crippen LogP contribution < -0.4 is 5.48 Å². The second kappa shape index (κ2) is 5.46. The van der Waals surface area contributed by atoms with Gasteiger partial charge < -0.3 is 0 Å². The number of hydrogen-bond acceptors (Lipinski definition) is 2. The summed E-state index contributed by atoms with van der Waals surface area (Å²) in [6.45, 7) is -1.62. The highest BCUT2D eigenvalue weighted by Gasteiger charge is 2.28. The molecule has 1 amide bonds. The lowest BCUT2D eigenvalue weighted by Gasteiger charge is -2.08. The Kier molecular flexibility index (Phi) is 4.47. The molecule has 0 unspecified atom stereocenters. The fourth-order valence-electron chi connectivity index (χ4n) is 0.927. The molecule has 17 heavy (non-hydrogen) atoms. The molecule has 0 fully saturated rings. The van der Waals surface area contributed by atoms with Crippen molar-refractivity contribution in [2.24, 2.45) is 0 Å². The third-order valence-electron chi connectivity index (χ3n) is 1.53. The predicted molar refractivity (Wildman–Crippen MR) is 53.6 cm³/mol. The SMILES string of the molecule is O=C(NOCC(F)(F)F)c1cc(F)cc(Br)c1. The molecule has 1 N–H and O–H groups in total. The van der Waals surface area contributed by atoms with Gasteiger partial charge in [-0.15, -0.1) is 0 Å². The zero-order valence-corrected chi connectivity index (χ0v) is 9.73. The summed E-state index contributed by atoms with van der Waals surface area (Å²) in [6, 6.07) is 3.22. The first-order valence-corrected chi connectivity index (χ1v) is 5.02. The van der Waals surface area contributed by atoms with E-state index < -0.39 is 24.5 Å². The van der Waals surface area contributed by atoms with E-state index in [1.165, 1.54) is 6.07 Å². The van der Waals surface area contributed by atoms with Crippen LogP contribution in [0.4, 0.5) is 17.6 Å². The summed E-state index contributed by atoms with van der Waals surface area (Å²) >= 11 is 2.94. The first-order valence-electron chi connectivity index (χ1n) is 4.23. The summed E-state index contributed by atoms with van der Waals surface area (Å²) in [7, 11) is 0. The van der Waals surface area contributed by atoms with E-state index in [-0.39, 0.29) is 5.56 Å². The maximum Gasteiger partial charge on any atom is 0.414 e. The summed E-state index contributed by atoms with van der Waals surface area (Å²) < 4.78 is 48.2. The highest BCUT2D eigenvalue weighted by Crippen LogP contribution is 2.16. The number of alkyl halides is 3. The van der Waals surface area contributed by atoms with Crippen LogP contribution in [0.5, 0.6) is 0 Å². The van der Waals surface area contributed by atoms with Gasteiger partial charge in [0.25, 0.3) is 5.91 Å². The molecule has 0 aromatic heterocycles. The number of carbonyl (C=O) groups is 1. The maximum atomic E-state index is 12.9. The topological polar surface area (TPSA) is 38.3 Å². The lowest BCUT2D eigenvalue weighted by atomic mass is 10.2. The third-order valence-corrected chi connectivity index (χ3v) is 1.98. The van der Waals surface area contributed by atoms with Crippen molar-refractivity contribution < 1.29 is 27.2 Å². The van der Waals surface area contributed by atoms with E-state index in [1.807, 2.05) is 0 Å². The van der Waals surface area contributed by atoms with Crippen LogP contribution in [0.3, 0.4) is 0 Å². The van der Waals surface area contributed by atoms with Gasteiger partial charge in [-0.1, -0.05) is 15.9 Å². The molecule has 0 aliphatic carbocycles. The lowest BCUT2D eigenvalue weighted by molar-refractivity contribution is -0.184. The Hall–Kier alpha value is -1.15. The van der Waals surface area contributed by atoms with Crippen LogP contribution in [0.25, 0.3) is 0 Å². The third kappa shape index (κ3) is 5.14. The van der Waals surface area contributed by atoms with E-state index in [2.05, 4.69) is 20.8 Å². The van der Waals surface area contributed by atoms with E-state index in [0.717, 1.165) is 12.1 Å². The molecular weight excluding hydrogens is 310 g/mol. The Morgan fingerprint density at radius 2 is 2.00 bits per heavy atom. The zero-order chi connectivity index (χ0) is 13.1. The van der Waals surface area contributed by atoms with Crippen molar-refractivity contribution in [3.63, 3.8) is 0 Å². The summed E-state index contributed by atoms with van der Waals surface area (Å²) in [6.07, 6.45) is -4.55. The van der Waals surface area contributed by atoms with Crippen LogP contribution in [0, 0.1) is 5.82 Å². The van der Waals surface area contributed by atoms with E-state index in [0.29, 0.717) is 4.47 Å². The van der Waals surface area contributed by atoms with Crippen molar-refractivity contribution in [1.82, 2.24) is 5.48 Å². The summed E-state index contributed by atoms with van der Waals surface area (Å²) in [5.74, 6) is -1.66. The summed E-state index contributed by atoms with van der Waals surface area (Å²) in [5.41, 5.74) is 1.41. The van der Waals surface area contributed by atoms with E-state index >= 15 is 0 Å². The smallest absolute Gasteiger partial charge is 0.267 e. The fraction of sp³-hybridized carbons (Fsp3) is 0.222. The first-order chi connectivity index (χ1) is 7.78. The second-order valence-electron chi connectivity index (χ2n) is 2.99. The molecule has 8 heteroatoms. The molecule has 0 heterocycles. The normalized spacial score (nSPS) is 11.4. The molecule has 94 valence electrons. The molecule has 0 saturated heterocycles. The van der Waals surface area contributed by atoms with Crippen LogP contribution in [-0.2, 0) is 4.84 Å². The quantitative estimate of drug-likeness (QED) is 0.688. The fourth-order valence-corrected chi connectivity index (χ4v) is 1.39. The van der Waals surface area contributed by atoms with E-state index in [4.69, 9.17) is 0 Å². The predicted octanol–water partition coefficient (Wildman–Crippen LogP) is 2.81. The number of nitrogens with one attached hydrogen (secondary N) is 1. The zero-order valence-electron chi connectivity index (χ0n) is 8.15. The van der Waals surface area contributed by atoms with Gasteiger partial charge in [0.15, 0.2) is 6.61 Å². The van der Waals surface area contributed by atoms with Gasteiger partial charge in [-0.25, -0.2) is 9.87 Å². The van der Waals surface area contributed by atoms with Gasteiger partial charge in [0.1, 0.15) is 5.82 Å². The van der Waals surface area contributed by atoms with Gasteiger partial charge >= 0.3 is 6.18 Å². The molecule has 0 radical (unpaired) electrons. The molecule has 0 aliphatic heterocycles. The van der Waals surface area contributed by atoms with Gasteiger partial charge in [0.2, 0.25) is 0 Å². The largest absolute Gasteiger partial charge is 0.414 e. The summed E-state index contributed by atoms with van der Waals surface area (Å²) in [4.78, 5) is 15.2. The Morgan fingerprint density at radius 3 is 2.53 bits per heavy atom. The molecule has 1 aromatic carbocycles. The van der Waals surface area contributed by atoms with Crippen LogP contribution >= 0.6 is 15.9 Å². The number of amides is 1. The van der Waals surface area contributed by atoms with Crippen LogP contribution in [0.15, 0.2) is 22.7 Å². The Morgan fingerprint density at radius 1 is 1.35 bits per heavy atom. The van der Waals surface area contributed by atoms with Crippen molar-refractivity contribution in [3.8, 4) is 0 Å². The van der Waals surface area contributed by atoms with Crippen LogP contribution in [0.1, 0.15) is 10.4 Å². The van der Waals surface area contributed by atoms with Gasteiger partial charge in [0.05, 0.1) is 0 Å². The minimum Gasteiger partial charge on any atom is -0.267 e. The monoisotopic (exact) mass is 315 g/mol. The minimum atomic E-state index is -4.55. The van der Waals surface area contributed by atoms with Crippen molar-refractivity contribution in [1.29, 1.82) is 0 Å². The van der Waals surface area contributed by atoms with Crippen molar-refractivity contribution in [2.75, 3.05) is 6.61 Å². The number of rotatable bonds is 3. The van der Waals surface area contributed by atoms with Crippen molar-refractivity contribution >= 4 is 21.8 Å². The number of carbonyl (C=O) groups excluding carboxylic acids is 1. The Labute approximate surface area is 102 Å². The number of halogens is 5. The average molecular weight is 316 g/mol. The molecule has 3 nitrogen and oxygen atoms in total. The molecule has 0 atom stereocenters. The van der Waals surface area contributed by atoms with Crippen molar-refractivity contribution in [3.05, 3.63) is 34.1 Å². The minimum absolute atomic E-state index is 0.154. The molecule has 0 spiro atoms. The van der Waals surface area contributed by atoms with Crippen LogP contribution in [-0.4, -0.2) is 18.7 Å². The molecule has 0 aliphatic rings. The first kappa shape index (κ1) is 13.9. The van der Waals surface area contributed by atoms with Crippen molar-refractivity contribution in [2.45, 2.75) is 6.18 Å². The Balaban J connectivity index is 2.58. The molecular formula is C9H6BrF4NO2. The van der Waals surface area contributed by atoms with Gasteiger partial charge in [0, 0.05) is 10.0 Å². The number of hydroxylamine groups is 1. The number of benzene rings is 1. The number of hydrogen-bond donors (Lipinski definition) is 1. The van der Waals surface area contributed by atoms with E-state index in [1.54, 1.807) is 5.48 Å². The van der Waals surface area contributed by atoms with Gasteiger partial charge in [-0.05, 0) is 18.2 Å². The molecule has 1 aromatic rings. The standard InChI is InChI=1S/C9H6BrF4NO2/c10-6-1-5(2-7(11)3-6)8(16)15-17-4-9(12,13)14/h1-3H,4H2,(H,15,16). The van der Waals surface area contributed by atoms with Gasteiger partial charge in [-0.3, -0.25) is 9.63 Å². The second-order valence-corrected chi connectivity index (χ2v) is 3.91. The maximum absolute atomic E-state index is 12.9. The van der Waals surface area contributed by atoms with E-state index in [9.17, 15) is 22.4 Å². The summed E-state index contributed by atoms with van der Waals surface area (Å²) in [5, 5.41) is 0.